The fourth-order valence-corrected chi connectivity index (χ4v) is 5.51. The van der Waals surface area contributed by atoms with Crippen LogP contribution < -0.4 is 9.47 Å². The predicted octanol–water partition coefficient (Wildman–Crippen LogP) is -1.31. The van der Waals surface area contributed by atoms with Gasteiger partial charge in [0.1, 0.15) is 42.7 Å². The number of methoxy groups -OCH3 is 2. The zero-order valence-electron chi connectivity index (χ0n) is 21.2. The van der Waals surface area contributed by atoms with Crippen molar-refractivity contribution in [1.29, 1.82) is 0 Å². The van der Waals surface area contributed by atoms with Crippen LogP contribution in [-0.4, -0.2) is 114 Å². The second kappa shape index (κ2) is 11.0. The number of hydrogen-bond donors (Lipinski definition) is 5. The normalized spacial score (nSPS) is 40.5. The number of fused-ring (bicyclic) bond motifs is 3. The number of benzene rings is 1. The number of esters is 1. The summed E-state index contributed by atoms with van der Waals surface area (Å²) in [6.45, 7) is -0.834. The first-order valence-electron chi connectivity index (χ1n) is 12.4. The minimum atomic E-state index is -1.64. The Morgan fingerprint density at radius 3 is 2.51 bits per heavy atom. The lowest BCUT2D eigenvalue weighted by Crippen LogP contribution is -2.60. The monoisotopic (exact) mass is 552 g/mol. The summed E-state index contributed by atoms with van der Waals surface area (Å²) in [6.07, 6.45) is -4.39. The largest absolute Gasteiger partial charge is 0.493 e. The lowest BCUT2D eigenvalue weighted by atomic mass is 9.85. The lowest BCUT2D eigenvalue weighted by Gasteiger charge is -2.43. The van der Waals surface area contributed by atoms with Crippen LogP contribution in [-0.2, 0) is 28.5 Å². The average molecular weight is 553 g/mol. The van der Waals surface area contributed by atoms with Crippen molar-refractivity contribution in [3.63, 3.8) is 0 Å². The molecule has 13 heteroatoms. The van der Waals surface area contributed by atoms with Crippen molar-refractivity contribution < 1.29 is 63.5 Å². The summed E-state index contributed by atoms with van der Waals surface area (Å²) in [5, 5.41) is 50.8. The third-order valence-electron chi connectivity index (χ3n) is 7.64. The van der Waals surface area contributed by atoms with Crippen molar-refractivity contribution in [2.75, 3.05) is 27.4 Å². The number of aliphatic hydroxyl groups is 5. The molecule has 11 unspecified atom stereocenters. The molecule has 3 heterocycles. The van der Waals surface area contributed by atoms with Crippen LogP contribution >= 0.6 is 0 Å². The van der Waals surface area contributed by atoms with Crippen molar-refractivity contribution >= 4 is 12.0 Å². The fourth-order valence-electron chi connectivity index (χ4n) is 5.51. The highest BCUT2D eigenvalue weighted by Crippen LogP contribution is 2.60. The molecule has 1 aliphatic carbocycles. The van der Waals surface area contributed by atoms with Crippen molar-refractivity contribution in [1.82, 2.24) is 0 Å². The Kier molecular flexibility index (Phi) is 7.86. The first-order valence-corrected chi connectivity index (χ1v) is 12.4. The Morgan fingerprint density at radius 1 is 1.03 bits per heavy atom. The zero-order chi connectivity index (χ0) is 27.9. The van der Waals surface area contributed by atoms with Crippen LogP contribution in [0.3, 0.4) is 0 Å². The van der Waals surface area contributed by atoms with Crippen LogP contribution in [0.15, 0.2) is 36.6 Å². The standard InChI is InChI=1S/C26H32O13/c1-33-14-5-3-12(9-15(14)34-2)4-6-17(28)36-11-26-18-13(19(29)23(26)39-26)7-8-35-24(18)38-25-22(32)21(31)20(30)16(10-27)37-25/h3-9,13,16,18-25,27,29-32H,10-11H2,1-2H3. The van der Waals surface area contributed by atoms with Crippen molar-refractivity contribution in [3.05, 3.63) is 42.2 Å². The van der Waals surface area contributed by atoms with Crippen LogP contribution in [0.4, 0.5) is 0 Å². The number of hydrogen-bond acceptors (Lipinski definition) is 13. The number of epoxide rings is 1. The van der Waals surface area contributed by atoms with E-state index in [4.69, 9.17) is 33.2 Å². The minimum Gasteiger partial charge on any atom is -0.493 e. The Bertz CT molecular complexity index is 1110. The van der Waals surface area contributed by atoms with E-state index in [2.05, 4.69) is 0 Å². The second-order valence-electron chi connectivity index (χ2n) is 9.81. The third-order valence-corrected chi connectivity index (χ3v) is 7.64. The molecule has 13 nitrogen and oxygen atoms in total. The highest BCUT2D eigenvalue weighted by atomic mass is 16.8. The lowest BCUT2D eigenvalue weighted by molar-refractivity contribution is -0.344. The maximum absolute atomic E-state index is 12.5. The molecule has 0 spiro atoms. The van der Waals surface area contributed by atoms with Crippen molar-refractivity contribution in [2.45, 2.75) is 54.8 Å². The summed E-state index contributed by atoms with van der Waals surface area (Å²) >= 11 is 0. The molecule has 5 rings (SSSR count). The van der Waals surface area contributed by atoms with Crippen LogP contribution in [0.1, 0.15) is 5.56 Å². The molecule has 0 radical (unpaired) electrons. The summed E-state index contributed by atoms with van der Waals surface area (Å²) in [5.74, 6) is -0.745. The van der Waals surface area contributed by atoms with E-state index >= 15 is 0 Å². The van der Waals surface area contributed by atoms with Gasteiger partial charge in [-0.3, -0.25) is 0 Å². The molecule has 4 aliphatic rings. The van der Waals surface area contributed by atoms with Gasteiger partial charge in [-0.05, 0) is 29.8 Å². The van der Waals surface area contributed by atoms with Crippen LogP contribution in [0.5, 0.6) is 11.5 Å². The Morgan fingerprint density at radius 2 is 1.79 bits per heavy atom. The number of aliphatic hydroxyl groups excluding tert-OH is 5. The quantitative estimate of drug-likeness (QED) is 0.138. The Labute approximate surface area is 223 Å². The van der Waals surface area contributed by atoms with Crippen LogP contribution in [0.25, 0.3) is 6.08 Å². The van der Waals surface area contributed by atoms with Gasteiger partial charge >= 0.3 is 5.97 Å². The van der Waals surface area contributed by atoms with E-state index in [1.54, 1.807) is 30.4 Å². The van der Waals surface area contributed by atoms with Gasteiger partial charge in [-0.25, -0.2) is 4.79 Å². The maximum Gasteiger partial charge on any atom is 0.330 e. The van der Waals surface area contributed by atoms with E-state index in [9.17, 15) is 30.3 Å². The molecule has 0 bridgehead atoms. The smallest absolute Gasteiger partial charge is 0.330 e. The summed E-state index contributed by atoms with van der Waals surface area (Å²) < 4.78 is 38.7. The average Bonchev–Trinajstić information content (AvgIpc) is 3.64. The number of carbonyl (C=O) groups excluding carboxylic acids is 1. The van der Waals surface area contributed by atoms with Gasteiger partial charge in [0.25, 0.3) is 0 Å². The highest BCUT2D eigenvalue weighted by Gasteiger charge is 2.76. The van der Waals surface area contributed by atoms with E-state index in [1.165, 1.54) is 26.6 Å². The van der Waals surface area contributed by atoms with E-state index in [0.29, 0.717) is 17.1 Å². The highest BCUT2D eigenvalue weighted by molar-refractivity contribution is 5.87. The van der Waals surface area contributed by atoms with Gasteiger partial charge in [-0.2, -0.15) is 0 Å². The Balaban J connectivity index is 1.26. The minimum absolute atomic E-state index is 0.212. The summed E-state index contributed by atoms with van der Waals surface area (Å²) in [4.78, 5) is 12.5. The van der Waals surface area contributed by atoms with E-state index in [-0.39, 0.29) is 6.61 Å². The van der Waals surface area contributed by atoms with E-state index in [1.807, 2.05) is 0 Å². The van der Waals surface area contributed by atoms with Crippen LogP contribution in [0, 0.1) is 11.8 Å². The molecule has 1 aromatic rings. The van der Waals surface area contributed by atoms with E-state index in [0.717, 1.165) is 0 Å². The third kappa shape index (κ3) is 5.00. The van der Waals surface area contributed by atoms with Gasteiger partial charge in [0.05, 0.1) is 39.1 Å². The van der Waals surface area contributed by atoms with E-state index < -0.39 is 79.2 Å². The molecule has 3 fully saturated rings. The van der Waals surface area contributed by atoms with Gasteiger partial charge in [-0.1, -0.05) is 6.07 Å². The molecule has 0 amide bonds. The molecule has 3 aliphatic heterocycles. The molecule has 39 heavy (non-hydrogen) atoms. The molecule has 2 saturated heterocycles. The molecular weight excluding hydrogens is 520 g/mol. The fraction of sp³-hybridized carbons (Fsp3) is 0.577. The predicted molar refractivity (Wildman–Crippen MR) is 129 cm³/mol. The van der Waals surface area contributed by atoms with Gasteiger partial charge in [0, 0.05) is 12.0 Å². The summed E-state index contributed by atoms with van der Waals surface area (Å²) in [6, 6.07) is 5.15. The first kappa shape index (κ1) is 27.8. The summed E-state index contributed by atoms with van der Waals surface area (Å²) in [5.41, 5.74) is -0.445. The molecule has 214 valence electrons. The Hall–Kier alpha value is -2.75. The van der Waals surface area contributed by atoms with Gasteiger partial charge in [0.15, 0.2) is 17.8 Å². The summed E-state index contributed by atoms with van der Waals surface area (Å²) in [7, 11) is 3.03. The number of carbonyl (C=O) groups is 1. The van der Waals surface area contributed by atoms with Gasteiger partial charge in [0.2, 0.25) is 6.29 Å². The van der Waals surface area contributed by atoms with Gasteiger partial charge in [-0.15, -0.1) is 0 Å². The molecule has 11 atom stereocenters. The SMILES string of the molecule is COc1ccc(C=CC(=O)OCC23OC2C(O)C2C=COC(OC4OC(CO)C(O)C(O)C4O)C23)cc1OC. The first-order chi connectivity index (χ1) is 18.7. The second-order valence-corrected chi connectivity index (χ2v) is 9.81. The van der Waals surface area contributed by atoms with Crippen molar-refractivity contribution in [3.8, 4) is 11.5 Å². The van der Waals surface area contributed by atoms with Crippen molar-refractivity contribution in [2.24, 2.45) is 11.8 Å². The topological polar surface area (TPSA) is 186 Å². The number of ether oxygens (including phenoxy) is 7. The number of rotatable bonds is 9. The molecule has 0 aromatic heterocycles. The van der Waals surface area contributed by atoms with Crippen LogP contribution in [0.2, 0.25) is 0 Å². The maximum atomic E-state index is 12.5. The zero-order valence-corrected chi connectivity index (χ0v) is 21.2. The van der Waals surface area contributed by atoms with Gasteiger partial charge < -0.3 is 58.7 Å². The molecular formula is C26H32O13. The molecule has 5 N–H and O–H groups in total. The molecule has 1 saturated carbocycles. The molecule has 1 aromatic carbocycles.